The average Bonchev–Trinajstić information content (AvgIpc) is 2.87. The molecule has 1 heterocycles. The first kappa shape index (κ1) is 15.5. The van der Waals surface area contributed by atoms with Gasteiger partial charge in [-0.1, -0.05) is 18.7 Å². The summed E-state index contributed by atoms with van der Waals surface area (Å²) in [5.74, 6) is -0.168. The summed E-state index contributed by atoms with van der Waals surface area (Å²) in [5, 5.41) is 0. The molecule has 1 aliphatic heterocycles. The van der Waals surface area contributed by atoms with E-state index in [1.54, 1.807) is 12.1 Å². The minimum Gasteiger partial charge on any atom is -0.496 e. The van der Waals surface area contributed by atoms with Crippen molar-refractivity contribution in [3.05, 3.63) is 64.9 Å². The summed E-state index contributed by atoms with van der Waals surface area (Å²) in [7, 11) is 1.50. The molecular weight excluding hydrogens is 300 g/mol. The second-order valence-electron chi connectivity index (χ2n) is 5.75. The van der Waals surface area contributed by atoms with E-state index in [1.807, 2.05) is 0 Å². The third kappa shape index (κ3) is 2.92. The number of alkyl halides is 1. The SMILES string of the molecule is C=C(OC)C1=C=C(C(=O)N2CC(F)CC2c2cccc(F)c2)C1. The molecule has 0 bridgehead atoms. The van der Waals surface area contributed by atoms with Crippen LogP contribution in [-0.4, -0.2) is 30.6 Å². The van der Waals surface area contributed by atoms with Gasteiger partial charge in [0.15, 0.2) is 0 Å². The molecule has 3 rings (SSSR count). The number of carbonyl (C=O) groups excluding carboxylic acids is 1. The van der Waals surface area contributed by atoms with Gasteiger partial charge in [0.1, 0.15) is 17.7 Å². The Labute approximate surface area is 133 Å². The molecule has 1 aromatic carbocycles. The lowest BCUT2D eigenvalue weighted by Crippen LogP contribution is -2.33. The summed E-state index contributed by atoms with van der Waals surface area (Å²) in [6.07, 6.45) is -0.510. The maximum absolute atomic E-state index is 13.9. The number of nitrogens with zero attached hydrogens (tertiary/aromatic N) is 1. The number of benzene rings is 1. The van der Waals surface area contributed by atoms with Gasteiger partial charge in [-0.05, 0) is 17.7 Å². The third-order valence-corrected chi connectivity index (χ3v) is 4.24. The number of ether oxygens (including phenoxy) is 1. The van der Waals surface area contributed by atoms with Gasteiger partial charge >= 0.3 is 0 Å². The van der Waals surface area contributed by atoms with E-state index < -0.39 is 18.0 Å². The Hall–Kier alpha value is -2.39. The third-order valence-electron chi connectivity index (χ3n) is 4.24. The number of amides is 1. The normalized spacial score (nSPS) is 23.0. The fourth-order valence-corrected chi connectivity index (χ4v) is 2.97. The number of methoxy groups -OCH3 is 1. The number of halogens is 2. The monoisotopic (exact) mass is 317 g/mol. The van der Waals surface area contributed by atoms with Gasteiger partial charge in [0.25, 0.3) is 5.91 Å². The van der Waals surface area contributed by atoms with Crippen molar-refractivity contribution < 1.29 is 18.3 Å². The lowest BCUT2D eigenvalue weighted by molar-refractivity contribution is -0.128. The molecule has 2 aliphatic rings. The molecule has 1 aromatic rings. The van der Waals surface area contributed by atoms with Crippen molar-refractivity contribution >= 4 is 5.91 Å². The molecule has 0 saturated carbocycles. The molecule has 0 N–H and O–H groups in total. The maximum Gasteiger partial charge on any atom is 0.258 e. The summed E-state index contributed by atoms with van der Waals surface area (Å²) in [5.41, 5.74) is 4.77. The van der Waals surface area contributed by atoms with Gasteiger partial charge in [-0.15, -0.1) is 5.73 Å². The number of rotatable bonds is 4. The summed E-state index contributed by atoms with van der Waals surface area (Å²) >= 11 is 0. The van der Waals surface area contributed by atoms with Crippen LogP contribution in [0.2, 0.25) is 0 Å². The zero-order chi connectivity index (χ0) is 16.6. The molecule has 1 saturated heterocycles. The molecule has 3 nitrogen and oxygen atoms in total. The first-order chi connectivity index (χ1) is 11.0. The Morgan fingerprint density at radius 3 is 2.83 bits per heavy atom. The van der Waals surface area contributed by atoms with Crippen molar-refractivity contribution in [3.8, 4) is 0 Å². The van der Waals surface area contributed by atoms with Crippen molar-refractivity contribution in [2.24, 2.45) is 0 Å². The molecule has 23 heavy (non-hydrogen) atoms. The molecule has 2 atom stereocenters. The van der Waals surface area contributed by atoms with Crippen LogP contribution in [0.3, 0.4) is 0 Å². The van der Waals surface area contributed by atoms with Gasteiger partial charge in [-0.3, -0.25) is 4.79 Å². The molecule has 2 unspecified atom stereocenters. The predicted molar refractivity (Wildman–Crippen MR) is 81.7 cm³/mol. The van der Waals surface area contributed by atoms with Crippen molar-refractivity contribution in [3.63, 3.8) is 0 Å². The predicted octanol–water partition coefficient (Wildman–Crippen LogP) is 3.45. The van der Waals surface area contributed by atoms with Crippen LogP contribution >= 0.6 is 0 Å². The zero-order valence-electron chi connectivity index (χ0n) is 12.8. The van der Waals surface area contributed by atoms with Gasteiger partial charge in [-0.2, -0.15) is 0 Å². The minimum absolute atomic E-state index is 0.0196. The highest BCUT2D eigenvalue weighted by Crippen LogP contribution is 2.37. The quantitative estimate of drug-likeness (QED) is 0.629. The smallest absolute Gasteiger partial charge is 0.258 e. The standard InChI is InChI=1S/C18H17F2NO2/c1-11(23-2)13-6-14(7-13)18(22)21-10-16(20)9-17(21)12-4-3-5-15(19)8-12/h3-5,8,16-17H,1,6,9-10H2,2H3. The van der Waals surface area contributed by atoms with Gasteiger partial charge in [0.05, 0.1) is 25.3 Å². The van der Waals surface area contributed by atoms with Gasteiger partial charge in [0, 0.05) is 18.4 Å². The molecule has 120 valence electrons. The average molecular weight is 317 g/mol. The van der Waals surface area contributed by atoms with E-state index in [-0.39, 0.29) is 18.9 Å². The van der Waals surface area contributed by atoms with E-state index >= 15 is 0 Å². The largest absolute Gasteiger partial charge is 0.496 e. The fraction of sp³-hybridized carbons (Fsp3) is 0.333. The zero-order valence-corrected chi connectivity index (χ0v) is 12.8. The molecule has 5 heteroatoms. The molecule has 1 fully saturated rings. The maximum atomic E-state index is 13.9. The number of likely N-dealkylation sites (tertiary alicyclic amines) is 1. The van der Waals surface area contributed by atoms with Gasteiger partial charge in [0.2, 0.25) is 0 Å². The van der Waals surface area contributed by atoms with Crippen molar-refractivity contribution in [2.45, 2.75) is 25.1 Å². The van der Waals surface area contributed by atoms with Crippen LogP contribution in [0.25, 0.3) is 0 Å². The van der Waals surface area contributed by atoms with Gasteiger partial charge in [-0.25, -0.2) is 8.78 Å². The molecule has 1 amide bonds. The second kappa shape index (κ2) is 6.01. The van der Waals surface area contributed by atoms with E-state index in [0.717, 1.165) is 5.57 Å². The Balaban J connectivity index is 1.85. The molecule has 0 radical (unpaired) electrons. The molecule has 0 aromatic heterocycles. The van der Waals surface area contributed by atoms with E-state index in [4.69, 9.17) is 4.74 Å². The first-order valence-electron chi connectivity index (χ1n) is 7.42. The Kier molecular flexibility index (Phi) is 4.05. The van der Waals surface area contributed by atoms with Crippen molar-refractivity contribution in [1.82, 2.24) is 4.90 Å². The number of hydrogen-bond donors (Lipinski definition) is 0. The lowest BCUT2D eigenvalue weighted by Gasteiger charge is -2.27. The molecule has 0 spiro atoms. The highest BCUT2D eigenvalue weighted by Gasteiger charge is 2.38. The van der Waals surface area contributed by atoms with E-state index in [9.17, 15) is 13.6 Å². The van der Waals surface area contributed by atoms with Crippen molar-refractivity contribution in [1.29, 1.82) is 0 Å². The highest BCUT2D eigenvalue weighted by atomic mass is 19.1. The van der Waals surface area contributed by atoms with Crippen LogP contribution in [0.15, 0.2) is 53.5 Å². The van der Waals surface area contributed by atoms with Crippen LogP contribution in [-0.2, 0) is 9.53 Å². The lowest BCUT2D eigenvalue weighted by atomic mass is 9.94. The Morgan fingerprint density at radius 1 is 1.43 bits per heavy atom. The number of allylic oxidation sites excluding steroid dienone is 1. The topological polar surface area (TPSA) is 29.5 Å². The van der Waals surface area contributed by atoms with Crippen LogP contribution in [0.4, 0.5) is 8.78 Å². The molecule has 1 aliphatic carbocycles. The summed E-state index contributed by atoms with van der Waals surface area (Å²) in [6.45, 7) is 3.73. The fourth-order valence-electron chi connectivity index (χ4n) is 2.97. The van der Waals surface area contributed by atoms with Crippen molar-refractivity contribution in [2.75, 3.05) is 13.7 Å². The summed E-state index contributed by atoms with van der Waals surface area (Å²) in [6, 6.07) is 5.53. The van der Waals surface area contributed by atoms with E-state index in [0.29, 0.717) is 23.3 Å². The van der Waals surface area contributed by atoms with Crippen LogP contribution in [0.5, 0.6) is 0 Å². The minimum atomic E-state index is -1.11. The van der Waals surface area contributed by atoms with Crippen LogP contribution in [0.1, 0.15) is 24.4 Å². The Bertz CT molecular complexity index is 734. The number of carbonyl (C=O) groups is 1. The second-order valence-corrected chi connectivity index (χ2v) is 5.75. The summed E-state index contributed by atoms with van der Waals surface area (Å²) < 4.78 is 32.3. The Morgan fingerprint density at radius 2 is 2.17 bits per heavy atom. The first-order valence-corrected chi connectivity index (χ1v) is 7.42. The van der Waals surface area contributed by atoms with Crippen LogP contribution in [0, 0.1) is 5.82 Å². The van der Waals surface area contributed by atoms with Gasteiger partial charge < -0.3 is 9.64 Å². The van der Waals surface area contributed by atoms with Crippen LogP contribution < -0.4 is 0 Å². The highest BCUT2D eigenvalue weighted by molar-refractivity contribution is 5.96. The molecular formula is C18H17F2NO2. The van der Waals surface area contributed by atoms with E-state index in [2.05, 4.69) is 12.3 Å². The summed E-state index contributed by atoms with van der Waals surface area (Å²) in [4.78, 5) is 14.0. The van der Waals surface area contributed by atoms with E-state index in [1.165, 1.54) is 24.1 Å². The number of hydrogen-bond acceptors (Lipinski definition) is 2.